The molecule has 1 aliphatic carbocycles. The molecule has 0 spiro atoms. The molecule has 1 saturated heterocycles. The molecular weight excluding hydrogens is 220 g/mol. The van der Waals surface area contributed by atoms with Gasteiger partial charge in [-0.15, -0.1) is 0 Å². The van der Waals surface area contributed by atoms with E-state index in [1.807, 2.05) is 0 Å². The van der Waals surface area contributed by atoms with Gasteiger partial charge in [-0.25, -0.2) is 0 Å². The fourth-order valence-corrected chi connectivity index (χ4v) is 3.03. The summed E-state index contributed by atoms with van der Waals surface area (Å²) in [6, 6.07) is 1.05. The lowest BCUT2D eigenvalue weighted by molar-refractivity contribution is 0.0995. The highest BCUT2D eigenvalue weighted by Crippen LogP contribution is 2.20. The van der Waals surface area contributed by atoms with Crippen LogP contribution in [0, 0.1) is 0 Å². The molecule has 0 radical (unpaired) electrons. The fraction of sp³-hybridized carbons (Fsp3) is 0.917. The standard InChI is InChI=1S/C12H22N2OS/c1-9-11(7-8-15-9)14(2)12(16)13-10-5-3-4-6-10/h9-11H,3-8H2,1-2H3,(H,13,16). The van der Waals surface area contributed by atoms with Gasteiger partial charge in [0.25, 0.3) is 0 Å². The first kappa shape index (κ1) is 12.1. The maximum atomic E-state index is 5.58. The second kappa shape index (κ2) is 5.32. The Bertz CT molecular complexity index is 253. The SMILES string of the molecule is CC1OCCC1N(C)C(=S)NC1CCCC1. The van der Waals surface area contributed by atoms with Crippen molar-refractivity contribution in [2.45, 2.75) is 57.2 Å². The zero-order chi connectivity index (χ0) is 11.5. The molecule has 2 aliphatic rings. The van der Waals surface area contributed by atoms with Gasteiger partial charge >= 0.3 is 0 Å². The van der Waals surface area contributed by atoms with Crippen LogP contribution in [0.2, 0.25) is 0 Å². The van der Waals surface area contributed by atoms with Crippen molar-refractivity contribution in [1.82, 2.24) is 10.2 Å². The van der Waals surface area contributed by atoms with Gasteiger partial charge < -0.3 is 15.0 Å². The van der Waals surface area contributed by atoms with Gasteiger partial charge in [0, 0.05) is 19.7 Å². The molecular formula is C12H22N2OS. The highest BCUT2D eigenvalue weighted by Gasteiger charge is 2.29. The fourth-order valence-electron chi connectivity index (χ4n) is 2.73. The van der Waals surface area contributed by atoms with Crippen molar-refractivity contribution < 1.29 is 4.74 Å². The van der Waals surface area contributed by atoms with E-state index in [1.54, 1.807) is 0 Å². The summed E-state index contributed by atoms with van der Waals surface area (Å²) in [5.74, 6) is 0. The van der Waals surface area contributed by atoms with Crippen molar-refractivity contribution in [3.63, 3.8) is 0 Å². The minimum Gasteiger partial charge on any atom is -0.376 e. The summed E-state index contributed by atoms with van der Waals surface area (Å²) in [5.41, 5.74) is 0. The summed E-state index contributed by atoms with van der Waals surface area (Å²) in [6.07, 6.45) is 6.60. The van der Waals surface area contributed by atoms with E-state index in [2.05, 4.69) is 24.2 Å². The third kappa shape index (κ3) is 2.66. The van der Waals surface area contributed by atoms with Crippen molar-refractivity contribution in [3.8, 4) is 0 Å². The van der Waals surface area contributed by atoms with E-state index < -0.39 is 0 Å². The highest BCUT2D eigenvalue weighted by atomic mass is 32.1. The Kier molecular flexibility index (Phi) is 4.03. The van der Waals surface area contributed by atoms with Crippen LogP contribution in [0.3, 0.4) is 0 Å². The Morgan fingerprint density at radius 3 is 2.56 bits per heavy atom. The number of likely N-dealkylation sites (N-methyl/N-ethyl adjacent to an activating group) is 1. The normalized spacial score (nSPS) is 30.6. The first-order valence-electron chi connectivity index (χ1n) is 6.33. The van der Waals surface area contributed by atoms with E-state index >= 15 is 0 Å². The van der Waals surface area contributed by atoms with Crippen LogP contribution in [0.25, 0.3) is 0 Å². The Morgan fingerprint density at radius 2 is 2.00 bits per heavy atom. The quantitative estimate of drug-likeness (QED) is 0.748. The maximum Gasteiger partial charge on any atom is 0.169 e. The Hall–Kier alpha value is -0.350. The highest BCUT2D eigenvalue weighted by molar-refractivity contribution is 7.80. The maximum absolute atomic E-state index is 5.58. The van der Waals surface area contributed by atoms with Gasteiger partial charge in [-0.05, 0) is 38.4 Å². The van der Waals surface area contributed by atoms with Crippen molar-refractivity contribution >= 4 is 17.3 Å². The third-order valence-electron chi connectivity index (χ3n) is 3.84. The molecule has 1 heterocycles. The lowest BCUT2D eigenvalue weighted by atomic mass is 10.1. The molecule has 0 aromatic carbocycles. The number of rotatable bonds is 2. The van der Waals surface area contributed by atoms with E-state index in [1.165, 1.54) is 25.7 Å². The van der Waals surface area contributed by atoms with Crippen molar-refractivity contribution in [1.29, 1.82) is 0 Å². The van der Waals surface area contributed by atoms with Crippen LogP contribution in [0.1, 0.15) is 39.0 Å². The van der Waals surface area contributed by atoms with Gasteiger partial charge in [-0.1, -0.05) is 12.8 Å². The molecule has 2 unspecified atom stereocenters. The predicted octanol–water partition coefficient (Wildman–Crippen LogP) is 1.91. The molecule has 3 nitrogen and oxygen atoms in total. The topological polar surface area (TPSA) is 24.5 Å². The Balaban J connectivity index is 1.83. The molecule has 4 heteroatoms. The van der Waals surface area contributed by atoms with Gasteiger partial charge in [-0.2, -0.15) is 0 Å². The van der Waals surface area contributed by atoms with E-state index in [0.29, 0.717) is 18.2 Å². The summed E-state index contributed by atoms with van der Waals surface area (Å²) < 4.78 is 5.58. The number of nitrogens with zero attached hydrogens (tertiary/aromatic N) is 1. The van der Waals surface area contributed by atoms with Crippen molar-refractivity contribution in [3.05, 3.63) is 0 Å². The molecule has 92 valence electrons. The van der Waals surface area contributed by atoms with E-state index in [9.17, 15) is 0 Å². The number of thiocarbonyl (C=S) groups is 1. The molecule has 0 aromatic heterocycles. The smallest absolute Gasteiger partial charge is 0.169 e. The van der Waals surface area contributed by atoms with Crippen LogP contribution in [-0.4, -0.2) is 41.9 Å². The van der Waals surface area contributed by atoms with Crippen LogP contribution in [0.5, 0.6) is 0 Å². The van der Waals surface area contributed by atoms with Crippen LogP contribution in [-0.2, 0) is 4.74 Å². The molecule has 1 N–H and O–H groups in total. The summed E-state index contributed by atoms with van der Waals surface area (Å²) >= 11 is 5.46. The zero-order valence-electron chi connectivity index (χ0n) is 10.2. The zero-order valence-corrected chi connectivity index (χ0v) is 11.1. The molecule has 2 atom stereocenters. The molecule has 1 saturated carbocycles. The molecule has 2 rings (SSSR count). The summed E-state index contributed by atoms with van der Waals surface area (Å²) in [6.45, 7) is 2.99. The average Bonchev–Trinajstić information content (AvgIpc) is 2.88. The third-order valence-corrected chi connectivity index (χ3v) is 4.24. The predicted molar refractivity (Wildman–Crippen MR) is 69.6 cm³/mol. The van der Waals surface area contributed by atoms with Crippen LogP contribution in [0.4, 0.5) is 0 Å². The van der Waals surface area contributed by atoms with E-state index in [-0.39, 0.29) is 0 Å². The van der Waals surface area contributed by atoms with E-state index in [4.69, 9.17) is 17.0 Å². The first-order chi connectivity index (χ1) is 7.68. The monoisotopic (exact) mass is 242 g/mol. The molecule has 0 bridgehead atoms. The Labute approximate surface area is 104 Å². The van der Waals surface area contributed by atoms with Gasteiger partial charge in [0.05, 0.1) is 12.1 Å². The minimum atomic E-state index is 0.299. The van der Waals surface area contributed by atoms with Crippen LogP contribution in [0.15, 0.2) is 0 Å². The van der Waals surface area contributed by atoms with Crippen molar-refractivity contribution in [2.75, 3.05) is 13.7 Å². The second-order valence-corrected chi connectivity index (χ2v) is 5.36. The number of hydrogen-bond acceptors (Lipinski definition) is 2. The largest absolute Gasteiger partial charge is 0.376 e. The molecule has 0 aromatic rings. The van der Waals surface area contributed by atoms with Gasteiger partial charge in [-0.3, -0.25) is 0 Å². The van der Waals surface area contributed by atoms with E-state index in [0.717, 1.165) is 18.1 Å². The average molecular weight is 242 g/mol. The Morgan fingerprint density at radius 1 is 1.31 bits per heavy atom. The molecule has 0 amide bonds. The minimum absolute atomic E-state index is 0.299. The van der Waals surface area contributed by atoms with Crippen LogP contribution < -0.4 is 5.32 Å². The number of nitrogens with one attached hydrogen (secondary N) is 1. The van der Waals surface area contributed by atoms with Crippen LogP contribution >= 0.6 is 12.2 Å². The molecule has 16 heavy (non-hydrogen) atoms. The number of hydrogen-bond donors (Lipinski definition) is 1. The van der Waals surface area contributed by atoms with Gasteiger partial charge in [0.2, 0.25) is 0 Å². The van der Waals surface area contributed by atoms with Gasteiger partial charge in [0.1, 0.15) is 0 Å². The van der Waals surface area contributed by atoms with Crippen molar-refractivity contribution in [2.24, 2.45) is 0 Å². The lowest BCUT2D eigenvalue weighted by Gasteiger charge is -2.30. The lowest BCUT2D eigenvalue weighted by Crippen LogP contribution is -2.48. The second-order valence-electron chi connectivity index (χ2n) is 4.97. The van der Waals surface area contributed by atoms with Gasteiger partial charge in [0.15, 0.2) is 5.11 Å². The number of ether oxygens (including phenoxy) is 1. The summed E-state index contributed by atoms with van der Waals surface area (Å²) in [4.78, 5) is 2.19. The summed E-state index contributed by atoms with van der Waals surface area (Å²) in [7, 11) is 2.08. The first-order valence-corrected chi connectivity index (χ1v) is 6.74. The molecule has 1 aliphatic heterocycles. The summed E-state index contributed by atoms with van der Waals surface area (Å²) in [5, 5.41) is 4.38. The molecule has 2 fully saturated rings.